The van der Waals surface area contributed by atoms with Crippen LogP contribution in [0, 0.1) is 5.92 Å². The van der Waals surface area contributed by atoms with Crippen LogP contribution in [0.2, 0.25) is 0 Å². The van der Waals surface area contributed by atoms with Crippen LogP contribution in [0.1, 0.15) is 169 Å². The van der Waals surface area contributed by atoms with E-state index in [1.165, 1.54) is 116 Å². The van der Waals surface area contributed by atoms with E-state index in [1.807, 2.05) is 0 Å². The number of hydrogen-bond acceptors (Lipinski definition) is 3. The van der Waals surface area contributed by atoms with E-state index in [2.05, 4.69) is 27.7 Å². The van der Waals surface area contributed by atoms with Crippen LogP contribution in [0.4, 0.5) is 0 Å². The number of nitrogens with two attached hydrogens (primary N) is 1. The monoisotopic (exact) mass is 592 g/mol. The maximum atomic E-state index is 6.51. The highest BCUT2D eigenvalue weighted by Crippen LogP contribution is 2.19. The van der Waals surface area contributed by atoms with Gasteiger partial charge in [-0.05, 0) is 30.1 Å². The maximum Gasteiger partial charge on any atom is 0.143 e. The summed E-state index contributed by atoms with van der Waals surface area (Å²) in [5.74, 6) is 0.655. The van der Waals surface area contributed by atoms with Gasteiger partial charge in [0, 0.05) is 12.8 Å². The number of halogens is 1. The fourth-order valence-electron chi connectivity index (χ4n) is 4.84. The summed E-state index contributed by atoms with van der Waals surface area (Å²) < 4.78 is 0. The zero-order valence-electron chi connectivity index (χ0n) is 25.9. The lowest BCUT2D eigenvalue weighted by molar-refractivity contribution is -1.25. The Morgan fingerprint density at radius 1 is 0.514 bits per heavy atom. The van der Waals surface area contributed by atoms with Gasteiger partial charge in [0.25, 0.3) is 0 Å². The lowest BCUT2D eigenvalue weighted by atomic mass is 10.1. The predicted molar refractivity (Wildman–Crippen MR) is 159 cm³/mol. The Kier molecular flexibility index (Phi) is 32.9. The van der Waals surface area contributed by atoms with Crippen molar-refractivity contribution >= 4 is 0 Å². The fourth-order valence-corrected chi connectivity index (χ4v) is 4.84. The molecule has 0 rings (SSSR count). The first-order valence-electron chi connectivity index (χ1n) is 16.5. The second-order valence-electron chi connectivity index (χ2n) is 11.6. The molecule has 0 aromatic rings. The molecule has 0 amide bonds. The van der Waals surface area contributed by atoms with Gasteiger partial charge in [0.15, 0.2) is 0 Å². The average molecular weight is 594 g/mol. The van der Waals surface area contributed by atoms with Gasteiger partial charge in [0.2, 0.25) is 0 Å². The van der Waals surface area contributed by atoms with Gasteiger partial charge in [0.05, 0.1) is 0 Å². The van der Waals surface area contributed by atoms with Gasteiger partial charge in [-0.15, -0.1) is 0 Å². The molecule has 37 heavy (non-hydrogen) atoms. The lowest BCUT2D eigenvalue weighted by Crippen LogP contribution is -3.00. The van der Waals surface area contributed by atoms with Crippen LogP contribution in [-0.4, -0.2) is 37.7 Å². The Morgan fingerprint density at radius 3 is 1.19 bits per heavy atom. The Labute approximate surface area is 244 Å². The number of nitrogens with zero attached hydrogens (tertiary/aromatic N) is 1. The summed E-state index contributed by atoms with van der Waals surface area (Å²) >= 11 is 0. The van der Waals surface area contributed by atoms with Crippen molar-refractivity contribution in [2.45, 2.75) is 169 Å². The second kappa shape index (κ2) is 30.9. The third-order valence-corrected chi connectivity index (χ3v) is 7.40. The molecule has 0 heterocycles. The number of quaternary nitrogens is 1. The van der Waals surface area contributed by atoms with Crippen LogP contribution in [0.25, 0.3) is 0 Å². The van der Waals surface area contributed by atoms with Crippen molar-refractivity contribution in [1.82, 2.24) is 0 Å². The molecule has 0 radical (unpaired) electrons. The van der Waals surface area contributed by atoms with Gasteiger partial charge in [-0.1, -0.05) is 143 Å². The SMILES string of the molecule is CCCCCCCCCCCCO[N+](CCCN)(CCC(C)C)OCCCCCCCCCCCC.[Br-]. The minimum Gasteiger partial charge on any atom is -1.00 e. The molecule has 0 saturated heterocycles. The summed E-state index contributed by atoms with van der Waals surface area (Å²) in [5.41, 5.74) is 5.89. The second-order valence-corrected chi connectivity index (χ2v) is 11.6. The molecule has 0 atom stereocenters. The minimum atomic E-state index is 0. The number of unbranched alkanes of at least 4 members (excludes halogenated alkanes) is 18. The molecule has 0 bridgehead atoms. The Balaban J connectivity index is 0. The van der Waals surface area contributed by atoms with Gasteiger partial charge >= 0.3 is 0 Å². The standard InChI is InChI=1S/C32H69N2O2.BrH/c1-5-7-9-11-13-15-17-19-21-23-30-35-34(28-25-27-33,29-26-32(3)4)36-31-24-22-20-18-16-14-12-10-8-6-2;/h32H,5-31,33H2,1-4H3;1H/q+1;/p-1. The topological polar surface area (TPSA) is 44.5 Å². The van der Waals surface area contributed by atoms with E-state index in [1.54, 1.807) is 0 Å². The molecule has 0 saturated carbocycles. The maximum absolute atomic E-state index is 6.51. The highest BCUT2D eigenvalue weighted by atomic mass is 79.9. The quantitative estimate of drug-likeness (QED) is 0.0560. The number of hydrogen-bond donors (Lipinski definition) is 1. The largest absolute Gasteiger partial charge is 1.00 e. The van der Waals surface area contributed by atoms with E-state index in [4.69, 9.17) is 15.4 Å². The Morgan fingerprint density at radius 2 is 0.865 bits per heavy atom. The van der Waals surface area contributed by atoms with E-state index in [0.717, 1.165) is 52.0 Å². The third-order valence-electron chi connectivity index (χ3n) is 7.40. The molecule has 2 N–H and O–H groups in total. The third kappa shape index (κ3) is 27.7. The summed E-state index contributed by atoms with van der Waals surface area (Å²) in [4.78, 5) is 13.4. The molecule has 0 aliphatic heterocycles. The molecule has 4 nitrogen and oxygen atoms in total. The summed E-state index contributed by atoms with van der Waals surface area (Å²) in [6.07, 6.45) is 29.1. The molecular formula is C32H69BrN2O2. The molecule has 226 valence electrons. The molecule has 5 heteroatoms. The van der Waals surface area contributed by atoms with Gasteiger partial charge in [-0.3, -0.25) is 0 Å². The van der Waals surface area contributed by atoms with E-state index in [0.29, 0.717) is 17.3 Å². The van der Waals surface area contributed by atoms with Crippen molar-refractivity contribution < 1.29 is 31.5 Å². The molecule has 0 aromatic carbocycles. The fraction of sp³-hybridized carbons (Fsp3) is 1.00. The van der Waals surface area contributed by atoms with Crippen LogP contribution >= 0.6 is 0 Å². The van der Waals surface area contributed by atoms with Crippen LogP contribution in [0.15, 0.2) is 0 Å². The van der Waals surface area contributed by atoms with Gasteiger partial charge in [0.1, 0.15) is 26.3 Å². The molecule has 0 spiro atoms. The van der Waals surface area contributed by atoms with E-state index in [-0.39, 0.29) is 17.0 Å². The molecular weight excluding hydrogens is 524 g/mol. The Bertz CT molecular complexity index is 398. The zero-order valence-corrected chi connectivity index (χ0v) is 27.5. The van der Waals surface area contributed by atoms with Gasteiger partial charge < -0.3 is 22.7 Å². The van der Waals surface area contributed by atoms with Crippen LogP contribution in [0.5, 0.6) is 0 Å². The van der Waals surface area contributed by atoms with Crippen molar-refractivity contribution in [3.05, 3.63) is 0 Å². The first-order valence-corrected chi connectivity index (χ1v) is 16.5. The van der Waals surface area contributed by atoms with E-state index in [9.17, 15) is 0 Å². The van der Waals surface area contributed by atoms with Crippen LogP contribution in [-0.2, 0) is 9.68 Å². The molecule has 0 unspecified atom stereocenters. The van der Waals surface area contributed by atoms with E-state index < -0.39 is 0 Å². The van der Waals surface area contributed by atoms with Gasteiger partial charge in [-0.25, -0.2) is 0 Å². The van der Waals surface area contributed by atoms with Crippen LogP contribution < -0.4 is 22.7 Å². The normalized spacial score (nSPS) is 11.8. The van der Waals surface area contributed by atoms with Crippen molar-refractivity contribution in [3.8, 4) is 0 Å². The highest BCUT2D eigenvalue weighted by molar-refractivity contribution is 4.49. The average Bonchev–Trinajstić information content (AvgIpc) is 2.87. The molecule has 0 aliphatic rings. The zero-order chi connectivity index (χ0) is 26.6. The summed E-state index contributed by atoms with van der Waals surface area (Å²) in [7, 11) is 0. The molecule has 0 aliphatic carbocycles. The first kappa shape index (κ1) is 39.5. The highest BCUT2D eigenvalue weighted by Gasteiger charge is 2.31. The van der Waals surface area contributed by atoms with Crippen molar-refractivity contribution in [2.24, 2.45) is 11.7 Å². The molecule has 0 aromatic heterocycles. The van der Waals surface area contributed by atoms with E-state index >= 15 is 0 Å². The van der Waals surface area contributed by atoms with Crippen LogP contribution in [0.3, 0.4) is 0 Å². The summed E-state index contributed by atoms with van der Waals surface area (Å²) in [6.45, 7) is 13.3. The summed E-state index contributed by atoms with van der Waals surface area (Å²) in [5, 5.41) is 0. The predicted octanol–water partition coefficient (Wildman–Crippen LogP) is 6.91. The van der Waals surface area contributed by atoms with Gasteiger partial charge in [-0.2, -0.15) is 9.68 Å². The number of hydroxylamine groups is 4. The van der Waals surface area contributed by atoms with Crippen molar-refractivity contribution in [2.75, 3.05) is 32.8 Å². The van der Waals surface area contributed by atoms with Crippen molar-refractivity contribution in [1.29, 1.82) is 0 Å². The summed E-state index contributed by atoms with van der Waals surface area (Å²) in [6, 6.07) is 0. The molecule has 0 fully saturated rings. The lowest BCUT2D eigenvalue weighted by Gasteiger charge is -2.33. The van der Waals surface area contributed by atoms with Crippen molar-refractivity contribution in [3.63, 3.8) is 0 Å². The smallest absolute Gasteiger partial charge is 0.143 e. The number of rotatable bonds is 30. The minimum absolute atomic E-state index is 0. The Hall–Kier alpha value is 0.320. The first-order chi connectivity index (χ1) is 17.6.